The molecular formula is C42H52N7O6PSSi. The number of amides is 1. The molecule has 1 amide bonds. The number of nitriles is 1. The van der Waals surface area contributed by atoms with Gasteiger partial charge in [0.15, 0.2) is 32.9 Å². The molecule has 5 aromatic rings. The van der Waals surface area contributed by atoms with Crippen LogP contribution in [0.1, 0.15) is 64.0 Å². The first kappa shape index (κ1) is 43.2. The third-order valence-corrected chi connectivity index (χ3v) is 16.9. The third-order valence-electron chi connectivity index (χ3n) is 10.9. The summed E-state index contributed by atoms with van der Waals surface area (Å²) in [6.07, 6.45) is -0.570. The number of aromatic nitrogens is 4. The van der Waals surface area contributed by atoms with E-state index in [9.17, 15) is 9.59 Å². The summed E-state index contributed by atoms with van der Waals surface area (Å²) in [5, 5.41) is 15.7. The minimum Gasteiger partial charge on any atom is -0.408 e. The molecule has 16 heteroatoms. The number of anilines is 1. The molecule has 2 aromatic heterocycles. The summed E-state index contributed by atoms with van der Waals surface area (Å²) < 4.78 is 28.3. The fourth-order valence-corrected chi connectivity index (χ4v) is 9.19. The molecular weight excluding hydrogens is 790 g/mol. The van der Waals surface area contributed by atoms with Crippen molar-refractivity contribution in [2.75, 3.05) is 18.5 Å². The SMILES string of the molecule is CC(C)C(=O)Nc1nc2c(ncn2[C@@H]2O[C@H](CO[PH](=S)OCCC#N)[C@@H](NC(c3ccccc3)(c3ccccc3)c3ccccc3)[C@H]2O[Si](C)(C)C(C)(C)C)c(=O)[nH]1. The molecule has 58 heavy (non-hydrogen) atoms. The van der Waals surface area contributed by atoms with Gasteiger partial charge in [-0.25, -0.2) is 4.98 Å². The number of fused-ring (bicyclic) bond motifs is 1. The molecule has 13 nitrogen and oxygen atoms in total. The molecule has 0 spiro atoms. The lowest BCUT2D eigenvalue weighted by molar-refractivity contribution is -0.118. The zero-order valence-electron chi connectivity index (χ0n) is 33.9. The molecule has 6 rings (SSSR count). The van der Waals surface area contributed by atoms with Crippen molar-refractivity contribution >= 4 is 50.3 Å². The molecule has 3 heterocycles. The zero-order chi connectivity index (χ0) is 41.7. The van der Waals surface area contributed by atoms with Crippen molar-refractivity contribution in [3.63, 3.8) is 0 Å². The minimum atomic E-state index is -2.61. The average molecular weight is 842 g/mol. The summed E-state index contributed by atoms with van der Waals surface area (Å²) in [5.74, 6) is -0.654. The number of rotatable bonds is 16. The Morgan fingerprint density at radius 3 is 2.09 bits per heavy atom. The molecule has 1 fully saturated rings. The van der Waals surface area contributed by atoms with Crippen LogP contribution in [0.15, 0.2) is 102 Å². The Labute approximate surface area is 346 Å². The number of nitrogens with zero attached hydrogens (tertiary/aromatic N) is 4. The molecule has 0 saturated carbocycles. The third kappa shape index (κ3) is 9.25. The van der Waals surface area contributed by atoms with E-state index < -0.39 is 51.0 Å². The van der Waals surface area contributed by atoms with Crippen LogP contribution in [0.3, 0.4) is 0 Å². The smallest absolute Gasteiger partial charge is 0.280 e. The van der Waals surface area contributed by atoms with E-state index in [1.54, 1.807) is 18.4 Å². The molecule has 3 N–H and O–H groups in total. The lowest BCUT2D eigenvalue weighted by atomic mass is 9.76. The van der Waals surface area contributed by atoms with Crippen LogP contribution < -0.4 is 16.2 Å². The predicted octanol–water partition coefficient (Wildman–Crippen LogP) is 7.41. The molecule has 1 aliphatic rings. The molecule has 306 valence electrons. The predicted molar refractivity (Wildman–Crippen MR) is 232 cm³/mol. The molecule has 0 radical (unpaired) electrons. The maximum atomic E-state index is 13.4. The van der Waals surface area contributed by atoms with E-state index in [0.29, 0.717) is 0 Å². The van der Waals surface area contributed by atoms with Crippen LogP contribution in [0.25, 0.3) is 11.2 Å². The van der Waals surface area contributed by atoms with Gasteiger partial charge in [-0.2, -0.15) is 10.2 Å². The van der Waals surface area contributed by atoms with Gasteiger partial charge >= 0.3 is 0 Å². The van der Waals surface area contributed by atoms with Crippen molar-refractivity contribution in [3.8, 4) is 6.07 Å². The summed E-state index contributed by atoms with van der Waals surface area (Å²) in [4.78, 5) is 38.0. The Kier molecular flexibility index (Phi) is 13.6. The van der Waals surface area contributed by atoms with Crippen molar-refractivity contribution < 1.29 is 23.0 Å². The van der Waals surface area contributed by atoms with Crippen molar-refractivity contribution in [2.24, 2.45) is 5.92 Å². The highest BCUT2D eigenvalue weighted by Gasteiger charge is 2.54. The summed E-state index contributed by atoms with van der Waals surface area (Å²) in [6, 6.07) is 32.3. The van der Waals surface area contributed by atoms with Crippen LogP contribution in [-0.2, 0) is 40.4 Å². The Bertz CT molecular complexity index is 2200. The number of H-pyrrole nitrogens is 1. The summed E-state index contributed by atoms with van der Waals surface area (Å²) in [7, 11) is -4.81. The van der Waals surface area contributed by atoms with Crippen LogP contribution >= 0.6 is 7.15 Å². The molecule has 1 unspecified atom stereocenters. The van der Waals surface area contributed by atoms with E-state index in [-0.39, 0.29) is 53.6 Å². The molecule has 1 saturated heterocycles. The van der Waals surface area contributed by atoms with Gasteiger partial charge in [-0.15, -0.1) is 0 Å². The van der Waals surface area contributed by atoms with Gasteiger partial charge in [0.25, 0.3) is 5.56 Å². The highest BCUT2D eigenvalue weighted by atomic mass is 32.4. The number of benzene rings is 3. The largest absolute Gasteiger partial charge is 0.408 e. The van der Waals surface area contributed by atoms with Gasteiger partial charge in [0.1, 0.15) is 12.2 Å². The summed E-state index contributed by atoms with van der Waals surface area (Å²) in [5.41, 5.74) is 1.80. The molecule has 1 aliphatic heterocycles. The standard InChI is InChI=1S/C42H52N7O6PSSi/c1-28(2)37(50)46-40-45-36-34(38(51)47-40)44-27-49(36)39-35(55-58(6,7)41(3,4)5)33(32(54-39)26-53-56(57)52-25-17-24-43)48-42(29-18-11-8-12-19-29,30-20-13-9-14-21-30)31-22-15-10-16-23-31/h8-16,18-23,27-28,32-33,35,39,48,56H,17,25-26H2,1-7H3,(H2,45,46,47,50,51)/t32-,33-,35-,39-/m1/s1. The number of ether oxygens (including phenoxy) is 1. The molecule has 3 aromatic carbocycles. The first-order valence-electron chi connectivity index (χ1n) is 19.4. The summed E-state index contributed by atoms with van der Waals surface area (Å²) >= 11 is 5.63. The highest BCUT2D eigenvalue weighted by Crippen LogP contribution is 2.46. The van der Waals surface area contributed by atoms with Crippen LogP contribution in [0.5, 0.6) is 0 Å². The van der Waals surface area contributed by atoms with Gasteiger partial charge in [0.2, 0.25) is 11.9 Å². The Balaban J connectivity index is 1.57. The maximum Gasteiger partial charge on any atom is 0.280 e. The fourth-order valence-electron chi connectivity index (χ4n) is 6.79. The topological polar surface area (TPSA) is 165 Å². The van der Waals surface area contributed by atoms with Gasteiger partial charge < -0.3 is 18.2 Å². The van der Waals surface area contributed by atoms with E-state index >= 15 is 0 Å². The average Bonchev–Trinajstić information content (AvgIpc) is 3.77. The van der Waals surface area contributed by atoms with E-state index in [0.717, 1.165) is 16.7 Å². The number of nitrogens with one attached hydrogen (secondary N) is 3. The van der Waals surface area contributed by atoms with Gasteiger partial charge in [-0.05, 0) is 46.6 Å². The number of carbonyl (C=O) groups excluding carboxylic acids is 1. The van der Waals surface area contributed by atoms with Gasteiger partial charge in [-0.1, -0.05) is 126 Å². The molecule has 0 bridgehead atoms. The van der Waals surface area contributed by atoms with Gasteiger partial charge in [-0.3, -0.25) is 29.8 Å². The monoisotopic (exact) mass is 841 g/mol. The first-order chi connectivity index (χ1) is 27.7. The zero-order valence-corrected chi connectivity index (χ0v) is 36.7. The minimum absolute atomic E-state index is 0.00325. The quantitative estimate of drug-likeness (QED) is 0.0392. The Morgan fingerprint density at radius 1 is 1.00 bits per heavy atom. The van der Waals surface area contributed by atoms with Crippen molar-refractivity contribution in [2.45, 2.75) is 89.2 Å². The van der Waals surface area contributed by atoms with E-state index in [1.807, 2.05) is 54.6 Å². The second kappa shape index (κ2) is 18.3. The normalized spacial score (nSPS) is 19.3. The first-order valence-corrected chi connectivity index (χ1v) is 24.7. The number of hydrogen-bond donors (Lipinski definition) is 3. The highest BCUT2D eigenvalue weighted by molar-refractivity contribution is 8.00. The lowest BCUT2D eigenvalue weighted by Gasteiger charge is -2.44. The van der Waals surface area contributed by atoms with Gasteiger partial charge in [0.05, 0.1) is 43.6 Å². The summed E-state index contributed by atoms with van der Waals surface area (Å²) in [6.45, 7) is 14.6. The molecule has 5 atom stereocenters. The fraction of sp³-hybridized carbons (Fsp3) is 0.405. The number of aromatic amines is 1. The van der Waals surface area contributed by atoms with Gasteiger partial charge in [0, 0.05) is 5.92 Å². The van der Waals surface area contributed by atoms with Crippen molar-refractivity contribution in [1.29, 1.82) is 5.26 Å². The maximum absolute atomic E-state index is 13.4. The second-order valence-electron chi connectivity index (χ2n) is 16.1. The number of imidazole rings is 1. The van der Waals surface area contributed by atoms with E-state index in [4.69, 9.17) is 40.3 Å². The van der Waals surface area contributed by atoms with Crippen molar-refractivity contribution in [1.82, 2.24) is 24.8 Å². The van der Waals surface area contributed by atoms with E-state index in [1.165, 1.54) is 6.33 Å². The van der Waals surface area contributed by atoms with Crippen LogP contribution in [0, 0.1) is 17.2 Å². The lowest BCUT2D eigenvalue weighted by Crippen LogP contribution is -2.59. The van der Waals surface area contributed by atoms with Crippen LogP contribution in [0.2, 0.25) is 18.1 Å². The van der Waals surface area contributed by atoms with Crippen molar-refractivity contribution in [3.05, 3.63) is 124 Å². The Hall–Kier alpha value is -4.36. The van der Waals surface area contributed by atoms with Crippen LogP contribution in [0.4, 0.5) is 5.95 Å². The molecule has 0 aliphatic carbocycles. The van der Waals surface area contributed by atoms with E-state index in [2.05, 4.69) is 96.9 Å². The Morgan fingerprint density at radius 2 is 1.57 bits per heavy atom. The van der Waals surface area contributed by atoms with Crippen LogP contribution in [-0.4, -0.2) is 65.2 Å². The number of carbonyl (C=O) groups is 1. The number of hydrogen-bond acceptors (Lipinski definition) is 11. The second-order valence-corrected chi connectivity index (χ2v) is 23.0.